The molecule has 3 heterocycles. The lowest BCUT2D eigenvalue weighted by Crippen LogP contribution is -2.25. The highest BCUT2D eigenvalue weighted by Crippen LogP contribution is 2.45. The molecule has 0 saturated heterocycles. The predicted molar refractivity (Wildman–Crippen MR) is 137 cm³/mol. The quantitative estimate of drug-likeness (QED) is 0.269. The van der Waals surface area contributed by atoms with Crippen molar-refractivity contribution in [2.45, 2.75) is 12.3 Å². The minimum atomic E-state index is -0.828. The first-order valence-corrected chi connectivity index (χ1v) is 11.7. The van der Waals surface area contributed by atoms with Crippen molar-refractivity contribution in [2.24, 2.45) is 0 Å². The fourth-order valence-electron chi connectivity index (χ4n) is 4.93. The van der Waals surface area contributed by atoms with Crippen LogP contribution in [0.5, 0.6) is 23.0 Å². The molecule has 3 aromatic carbocycles. The first-order valence-electron chi connectivity index (χ1n) is 11.7. The molecule has 0 unspecified atom stereocenters. The van der Waals surface area contributed by atoms with E-state index in [4.69, 9.17) is 23.0 Å². The number of carbonyl (C=O) groups is 1. The molecule has 0 saturated carbocycles. The first-order chi connectivity index (χ1) is 18.4. The Bertz CT molecular complexity index is 1880. The second kappa shape index (κ2) is 8.81. The Kier molecular flexibility index (Phi) is 5.41. The average molecular weight is 512 g/mol. The molecule has 0 spiro atoms. The van der Waals surface area contributed by atoms with Gasteiger partial charge in [-0.05, 0) is 29.8 Å². The van der Waals surface area contributed by atoms with Crippen LogP contribution < -0.4 is 25.1 Å². The number of benzene rings is 3. The summed E-state index contributed by atoms with van der Waals surface area (Å²) in [4.78, 5) is 39.5. The van der Waals surface area contributed by atoms with Gasteiger partial charge in [0, 0.05) is 23.1 Å². The van der Waals surface area contributed by atoms with E-state index in [1.54, 1.807) is 42.5 Å². The number of rotatable bonds is 4. The van der Waals surface area contributed by atoms with Crippen LogP contribution >= 0.6 is 0 Å². The lowest BCUT2D eigenvalue weighted by Gasteiger charge is -2.25. The number of aromatic hydroxyl groups is 1. The normalized spacial score (nSPS) is 14.8. The Labute approximate surface area is 214 Å². The maximum Gasteiger partial charge on any atom is 0.312 e. The molecular formula is C29H20O9. The molecule has 1 N–H and O–H groups in total. The van der Waals surface area contributed by atoms with Crippen LogP contribution in [0, 0.1) is 0 Å². The van der Waals surface area contributed by atoms with Crippen molar-refractivity contribution in [3.05, 3.63) is 92.6 Å². The lowest BCUT2D eigenvalue weighted by molar-refractivity contribution is -0.135. The molecule has 9 nitrogen and oxygen atoms in total. The summed E-state index contributed by atoms with van der Waals surface area (Å²) in [6.07, 6.45) is 2.39. The molecule has 0 radical (unpaired) electrons. The van der Waals surface area contributed by atoms with Gasteiger partial charge >= 0.3 is 5.97 Å². The number of para-hydroxylation sites is 1. The van der Waals surface area contributed by atoms with Gasteiger partial charge in [-0.15, -0.1) is 0 Å². The van der Waals surface area contributed by atoms with Crippen LogP contribution in [0.3, 0.4) is 0 Å². The summed E-state index contributed by atoms with van der Waals surface area (Å²) in [6, 6.07) is 12.9. The van der Waals surface area contributed by atoms with E-state index in [9.17, 15) is 19.5 Å². The van der Waals surface area contributed by atoms with E-state index < -0.39 is 23.1 Å². The van der Waals surface area contributed by atoms with Crippen molar-refractivity contribution in [1.82, 2.24) is 0 Å². The molecule has 0 fully saturated rings. The van der Waals surface area contributed by atoms with Gasteiger partial charge < -0.3 is 28.2 Å². The second-order valence-electron chi connectivity index (χ2n) is 8.81. The minimum Gasteiger partial charge on any atom is -0.507 e. The molecular weight excluding hydrogens is 492 g/mol. The molecule has 38 heavy (non-hydrogen) atoms. The molecule has 2 aromatic heterocycles. The van der Waals surface area contributed by atoms with Gasteiger partial charge in [0.1, 0.15) is 34.3 Å². The summed E-state index contributed by atoms with van der Waals surface area (Å²) >= 11 is 0. The lowest BCUT2D eigenvalue weighted by atomic mass is 9.85. The fraction of sp³-hybridized carbons (Fsp3) is 0.138. The predicted octanol–water partition coefficient (Wildman–Crippen LogP) is 4.73. The number of ether oxygens (including phenoxy) is 3. The van der Waals surface area contributed by atoms with Crippen LogP contribution in [0.1, 0.15) is 23.5 Å². The molecule has 5 aromatic rings. The summed E-state index contributed by atoms with van der Waals surface area (Å²) in [5.41, 5.74) is 0.747. The maximum absolute atomic E-state index is 13.7. The van der Waals surface area contributed by atoms with Crippen molar-refractivity contribution in [2.75, 3.05) is 14.2 Å². The van der Waals surface area contributed by atoms with E-state index >= 15 is 0 Å². The van der Waals surface area contributed by atoms with E-state index in [2.05, 4.69) is 0 Å². The van der Waals surface area contributed by atoms with Gasteiger partial charge in [0.2, 0.25) is 5.43 Å². The summed E-state index contributed by atoms with van der Waals surface area (Å²) in [5, 5.41) is 11.1. The van der Waals surface area contributed by atoms with E-state index in [0.717, 1.165) is 0 Å². The number of phenols is 1. The van der Waals surface area contributed by atoms with Crippen molar-refractivity contribution in [1.29, 1.82) is 0 Å². The third-order valence-electron chi connectivity index (χ3n) is 6.75. The monoisotopic (exact) mass is 512 g/mol. The number of carbonyl (C=O) groups excluding carboxylic acids is 1. The third kappa shape index (κ3) is 3.51. The van der Waals surface area contributed by atoms with Crippen LogP contribution in [-0.2, 0) is 4.79 Å². The number of hydrogen-bond acceptors (Lipinski definition) is 9. The van der Waals surface area contributed by atoms with E-state index in [1.165, 1.54) is 32.8 Å². The van der Waals surface area contributed by atoms with E-state index in [-0.39, 0.29) is 39.7 Å². The van der Waals surface area contributed by atoms with Crippen molar-refractivity contribution < 1.29 is 32.9 Å². The van der Waals surface area contributed by atoms with Crippen molar-refractivity contribution >= 4 is 27.9 Å². The zero-order chi connectivity index (χ0) is 26.6. The highest BCUT2D eigenvalue weighted by Gasteiger charge is 2.35. The van der Waals surface area contributed by atoms with Gasteiger partial charge in [-0.2, -0.15) is 0 Å². The van der Waals surface area contributed by atoms with Crippen molar-refractivity contribution in [3.63, 3.8) is 0 Å². The van der Waals surface area contributed by atoms with Gasteiger partial charge in [0.15, 0.2) is 16.9 Å². The summed E-state index contributed by atoms with van der Waals surface area (Å²) in [7, 11) is 2.98. The Morgan fingerprint density at radius 2 is 1.68 bits per heavy atom. The van der Waals surface area contributed by atoms with Crippen LogP contribution in [-0.4, -0.2) is 25.3 Å². The van der Waals surface area contributed by atoms with Crippen LogP contribution in [0.15, 0.2) is 79.5 Å². The van der Waals surface area contributed by atoms with Crippen molar-refractivity contribution in [3.8, 4) is 34.1 Å². The molecule has 9 heteroatoms. The SMILES string of the molecule is COc1ccc(-c2coc3c4c(cc(O)c3c2=O)OC(=O)C[C@H]4c2coc3ccccc3c2=O)cc1OC. The number of esters is 1. The van der Waals surface area contributed by atoms with Gasteiger partial charge in [-0.25, -0.2) is 0 Å². The number of phenolic OH excluding ortho intramolecular Hbond substituents is 1. The number of methoxy groups -OCH3 is 2. The molecule has 6 rings (SSSR count). The smallest absolute Gasteiger partial charge is 0.312 e. The van der Waals surface area contributed by atoms with E-state index in [1.807, 2.05) is 0 Å². The summed E-state index contributed by atoms with van der Waals surface area (Å²) in [6.45, 7) is 0. The second-order valence-corrected chi connectivity index (χ2v) is 8.81. The fourth-order valence-corrected chi connectivity index (χ4v) is 4.93. The molecule has 0 aliphatic carbocycles. The topological polar surface area (TPSA) is 125 Å². The molecule has 1 aliphatic rings. The maximum atomic E-state index is 13.7. The first kappa shape index (κ1) is 23.4. The number of fused-ring (bicyclic) bond motifs is 4. The zero-order valence-corrected chi connectivity index (χ0v) is 20.3. The summed E-state index contributed by atoms with van der Waals surface area (Å²) < 4.78 is 27.6. The highest BCUT2D eigenvalue weighted by molar-refractivity contribution is 5.94. The number of hydrogen-bond donors (Lipinski definition) is 1. The van der Waals surface area contributed by atoms with Gasteiger partial charge in [-0.3, -0.25) is 14.4 Å². The van der Waals surface area contributed by atoms with Crippen LogP contribution in [0.2, 0.25) is 0 Å². The van der Waals surface area contributed by atoms with Gasteiger partial charge in [0.05, 0.1) is 37.9 Å². The Morgan fingerprint density at radius 3 is 2.47 bits per heavy atom. The molecule has 1 aliphatic heterocycles. The average Bonchev–Trinajstić information content (AvgIpc) is 2.92. The van der Waals surface area contributed by atoms with Gasteiger partial charge in [0.25, 0.3) is 0 Å². The molecule has 1 atom stereocenters. The molecule has 0 bridgehead atoms. The minimum absolute atomic E-state index is 0.00539. The Balaban J connectivity index is 1.59. The third-order valence-corrected chi connectivity index (χ3v) is 6.75. The largest absolute Gasteiger partial charge is 0.507 e. The van der Waals surface area contributed by atoms with Gasteiger partial charge in [-0.1, -0.05) is 18.2 Å². The molecule has 190 valence electrons. The highest BCUT2D eigenvalue weighted by atomic mass is 16.5. The standard InChI is InChI=1S/C29H20O9/c1-34-21-8-7-14(9-22(21)35-2)17-12-37-29-25-16(18-13-36-20-6-4-3-5-15(20)27(18)32)10-24(31)38-23(25)11-19(30)26(29)28(17)33/h3-9,11-13,16,30H,10H2,1-2H3/t16-/m0/s1. The van der Waals surface area contributed by atoms with Crippen LogP contribution in [0.4, 0.5) is 0 Å². The Morgan fingerprint density at radius 1 is 0.895 bits per heavy atom. The Hall–Kier alpha value is -5.05. The zero-order valence-electron chi connectivity index (χ0n) is 20.3. The summed E-state index contributed by atoms with van der Waals surface area (Å²) in [5.74, 6) is -0.950. The van der Waals surface area contributed by atoms with E-state index in [0.29, 0.717) is 33.6 Å². The molecule has 0 amide bonds. The van der Waals surface area contributed by atoms with Crippen LogP contribution in [0.25, 0.3) is 33.1 Å².